The van der Waals surface area contributed by atoms with Crippen molar-refractivity contribution in [3.63, 3.8) is 0 Å². The van der Waals surface area contributed by atoms with E-state index in [1.807, 2.05) is 40.6 Å². The second-order valence-corrected chi connectivity index (χ2v) is 7.75. The smallest absolute Gasteiger partial charge is 0.268 e. The maximum Gasteiger partial charge on any atom is 0.268 e. The number of H-pyrrole nitrogens is 1. The van der Waals surface area contributed by atoms with Crippen molar-refractivity contribution in [3.8, 4) is 0 Å². The Labute approximate surface area is 163 Å². The van der Waals surface area contributed by atoms with Gasteiger partial charge in [-0.3, -0.25) is 14.5 Å². The van der Waals surface area contributed by atoms with Gasteiger partial charge in [0.2, 0.25) is 5.91 Å². The van der Waals surface area contributed by atoms with Gasteiger partial charge in [-0.05, 0) is 42.6 Å². The van der Waals surface area contributed by atoms with Gasteiger partial charge >= 0.3 is 0 Å². The fourth-order valence-corrected chi connectivity index (χ4v) is 3.83. The Morgan fingerprint density at radius 1 is 1.38 bits per heavy atom. The molecule has 0 saturated heterocycles. The minimum atomic E-state index is -0.130. The van der Waals surface area contributed by atoms with Gasteiger partial charge in [-0.15, -0.1) is 11.3 Å². The molecule has 2 heterocycles. The summed E-state index contributed by atoms with van der Waals surface area (Å²) in [5.41, 5.74) is 1.31. The summed E-state index contributed by atoms with van der Waals surface area (Å²) >= 11 is 4.77. The molecule has 26 heavy (non-hydrogen) atoms. The molecule has 0 radical (unpaired) electrons. The van der Waals surface area contributed by atoms with Gasteiger partial charge in [-0.25, -0.2) is 4.98 Å². The standard InChI is InChI=1S/C18H19BrN4O2S/c1-2-7-23(11-16(24)20-13-5-3-4-12(19)9-13)10-15-21-14-6-8-26-17(14)18(25)22-15/h3-6,8-9H,2,7,10-11H2,1H3,(H,20,24)(H,21,22,25). The number of nitrogens with zero attached hydrogens (tertiary/aromatic N) is 2. The molecule has 2 aromatic heterocycles. The first-order valence-electron chi connectivity index (χ1n) is 8.29. The quantitative estimate of drug-likeness (QED) is 0.595. The first-order valence-corrected chi connectivity index (χ1v) is 9.96. The van der Waals surface area contributed by atoms with Crippen LogP contribution in [-0.2, 0) is 11.3 Å². The first-order chi connectivity index (χ1) is 12.5. The van der Waals surface area contributed by atoms with Gasteiger partial charge in [0, 0.05) is 10.2 Å². The number of benzene rings is 1. The number of halogens is 1. The largest absolute Gasteiger partial charge is 0.325 e. The third kappa shape index (κ3) is 4.78. The molecule has 0 spiro atoms. The predicted molar refractivity (Wildman–Crippen MR) is 109 cm³/mol. The van der Waals surface area contributed by atoms with E-state index in [1.165, 1.54) is 11.3 Å². The van der Waals surface area contributed by atoms with Crippen LogP contribution in [0.1, 0.15) is 19.2 Å². The molecule has 3 aromatic rings. The van der Waals surface area contributed by atoms with Gasteiger partial charge in [-0.1, -0.05) is 28.9 Å². The van der Waals surface area contributed by atoms with Crippen molar-refractivity contribution < 1.29 is 4.79 Å². The predicted octanol–water partition coefficient (Wildman–Crippen LogP) is 3.60. The lowest BCUT2D eigenvalue weighted by molar-refractivity contribution is -0.117. The molecule has 8 heteroatoms. The number of carbonyl (C=O) groups excluding carboxylic acids is 1. The summed E-state index contributed by atoms with van der Waals surface area (Å²) in [4.78, 5) is 33.8. The number of fused-ring (bicyclic) bond motifs is 1. The Morgan fingerprint density at radius 2 is 2.23 bits per heavy atom. The minimum absolute atomic E-state index is 0.101. The lowest BCUT2D eigenvalue weighted by atomic mass is 10.3. The zero-order valence-corrected chi connectivity index (χ0v) is 16.7. The van der Waals surface area contributed by atoms with Crippen molar-refractivity contribution in [2.24, 2.45) is 0 Å². The topological polar surface area (TPSA) is 78.1 Å². The fourth-order valence-electron chi connectivity index (χ4n) is 2.71. The Kier molecular flexibility index (Phi) is 6.18. The number of nitrogens with one attached hydrogen (secondary N) is 2. The molecule has 6 nitrogen and oxygen atoms in total. The number of aromatic nitrogens is 2. The van der Waals surface area contributed by atoms with E-state index in [0.717, 1.165) is 23.1 Å². The zero-order chi connectivity index (χ0) is 18.5. The van der Waals surface area contributed by atoms with E-state index in [9.17, 15) is 9.59 Å². The molecular formula is C18H19BrN4O2S. The van der Waals surface area contributed by atoms with Gasteiger partial charge in [-0.2, -0.15) is 0 Å². The fraction of sp³-hybridized carbons (Fsp3) is 0.278. The Hall–Kier alpha value is -2.03. The summed E-state index contributed by atoms with van der Waals surface area (Å²) in [5, 5.41) is 4.75. The number of aromatic amines is 1. The van der Waals surface area contributed by atoms with Crippen LogP contribution >= 0.6 is 27.3 Å². The van der Waals surface area contributed by atoms with Crippen LogP contribution < -0.4 is 10.9 Å². The number of hydrogen-bond acceptors (Lipinski definition) is 5. The van der Waals surface area contributed by atoms with Gasteiger partial charge < -0.3 is 10.3 Å². The minimum Gasteiger partial charge on any atom is -0.325 e. The highest BCUT2D eigenvalue weighted by Crippen LogP contribution is 2.16. The molecule has 136 valence electrons. The number of hydrogen-bond donors (Lipinski definition) is 2. The lowest BCUT2D eigenvalue weighted by Crippen LogP contribution is -2.34. The van der Waals surface area contributed by atoms with E-state index >= 15 is 0 Å². The Balaban J connectivity index is 1.69. The summed E-state index contributed by atoms with van der Waals surface area (Å²) in [6.07, 6.45) is 0.898. The van der Waals surface area contributed by atoms with E-state index in [4.69, 9.17) is 0 Å². The highest BCUT2D eigenvalue weighted by atomic mass is 79.9. The van der Waals surface area contributed by atoms with E-state index < -0.39 is 0 Å². The average Bonchev–Trinajstić information content (AvgIpc) is 3.04. The van der Waals surface area contributed by atoms with E-state index in [-0.39, 0.29) is 18.0 Å². The van der Waals surface area contributed by atoms with Crippen molar-refractivity contribution in [2.45, 2.75) is 19.9 Å². The van der Waals surface area contributed by atoms with Crippen LogP contribution in [0.25, 0.3) is 10.2 Å². The van der Waals surface area contributed by atoms with Gasteiger partial charge in [0.15, 0.2) is 0 Å². The number of amides is 1. The monoisotopic (exact) mass is 434 g/mol. The molecular weight excluding hydrogens is 416 g/mol. The molecule has 0 aliphatic heterocycles. The van der Waals surface area contributed by atoms with Crippen LogP contribution in [0, 0.1) is 0 Å². The zero-order valence-electron chi connectivity index (χ0n) is 14.3. The van der Waals surface area contributed by atoms with Crippen molar-refractivity contribution in [1.29, 1.82) is 0 Å². The maximum atomic E-state index is 12.4. The third-order valence-electron chi connectivity index (χ3n) is 3.75. The van der Waals surface area contributed by atoms with Crippen LogP contribution in [0.2, 0.25) is 0 Å². The summed E-state index contributed by atoms with van der Waals surface area (Å²) in [5.74, 6) is 0.472. The number of thiophene rings is 1. The van der Waals surface area contributed by atoms with Crippen molar-refractivity contribution in [2.75, 3.05) is 18.4 Å². The molecule has 0 aliphatic carbocycles. The van der Waals surface area contributed by atoms with Crippen molar-refractivity contribution in [3.05, 3.63) is 56.4 Å². The van der Waals surface area contributed by atoms with Gasteiger partial charge in [0.25, 0.3) is 5.56 Å². The van der Waals surface area contributed by atoms with Crippen LogP contribution in [0.3, 0.4) is 0 Å². The van der Waals surface area contributed by atoms with Crippen molar-refractivity contribution >= 4 is 49.1 Å². The Bertz CT molecular complexity index is 969. The van der Waals surface area contributed by atoms with Crippen LogP contribution in [0.4, 0.5) is 5.69 Å². The number of rotatable bonds is 7. The van der Waals surface area contributed by atoms with Crippen LogP contribution in [0.15, 0.2) is 45.0 Å². The van der Waals surface area contributed by atoms with E-state index in [0.29, 0.717) is 22.6 Å². The van der Waals surface area contributed by atoms with Gasteiger partial charge in [0.1, 0.15) is 10.5 Å². The van der Waals surface area contributed by atoms with E-state index in [2.05, 4.69) is 38.1 Å². The van der Waals surface area contributed by atoms with Crippen molar-refractivity contribution in [1.82, 2.24) is 14.9 Å². The molecule has 0 fully saturated rings. The summed E-state index contributed by atoms with van der Waals surface area (Å²) < 4.78 is 1.54. The lowest BCUT2D eigenvalue weighted by Gasteiger charge is -2.20. The molecule has 0 aliphatic rings. The second-order valence-electron chi connectivity index (χ2n) is 5.92. The maximum absolute atomic E-state index is 12.4. The first kappa shape index (κ1) is 18.8. The molecule has 0 atom stereocenters. The van der Waals surface area contributed by atoms with E-state index in [1.54, 1.807) is 0 Å². The highest BCUT2D eigenvalue weighted by Gasteiger charge is 2.14. The second kappa shape index (κ2) is 8.57. The molecule has 2 N–H and O–H groups in total. The van der Waals surface area contributed by atoms with Crippen LogP contribution in [0.5, 0.6) is 0 Å². The average molecular weight is 435 g/mol. The third-order valence-corrected chi connectivity index (χ3v) is 5.15. The summed E-state index contributed by atoms with van der Waals surface area (Å²) in [6.45, 7) is 3.43. The molecule has 0 bridgehead atoms. The summed E-state index contributed by atoms with van der Waals surface area (Å²) in [7, 11) is 0. The normalized spacial score (nSPS) is 11.2. The molecule has 0 saturated carbocycles. The molecule has 3 rings (SSSR count). The number of anilines is 1. The molecule has 1 amide bonds. The van der Waals surface area contributed by atoms with Crippen LogP contribution in [-0.4, -0.2) is 33.9 Å². The molecule has 1 aromatic carbocycles. The van der Waals surface area contributed by atoms with Gasteiger partial charge in [0.05, 0.1) is 18.6 Å². The Morgan fingerprint density at radius 3 is 3.00 bits per heavy atom. The number of carbonyl (C=O) groups is 1. The summed E-state index contributed by atoms with van der Waals surface area (Å²) in [6, 6.07) is 9.31. The highest BCUT2D eigenvalue weighted by molar-refractivity contribution is 9.10. The molecule has 0 unspecified atom stereocenters. The SMILES string of the molecule is CCCN(CC(=O)Nc1cccc(Br)c1)Cc1nc2ccsc2c(=O)[nH]1.